The third-order valence-corrected chi connectivity index (χ3v) is 5.20. The zero-order valence-corrected chi connectivity index (χ0v) is 15.7. The molecule has 1 aromatic heterocycles. The van der Waals surface area contributed by atoms with Gasteiger partial charge in [0.15, 0.2) is 0 Å². The summed E-state index contributed by atoms with van der Waals surface area (Å²) in [6, 6.07) is 13.7. The molecular formula is C18H18Cl2N2OS. The summed E-state index contributed by atoms with van der Waals surface area (Å²) in [7, 11) is 1.72. The van der Waals surface area contributed by atoms with E-state index < -0.39 is 0 Å². The van der Waals surface area contributed by atoms with Crippen molar-refractivity contribution < 1.29 is 4.74 Å². The van der Waals surface area contributed by atoms with Crippen molar-refractivity contribution in [1.82, 2.24) is 9.55 Å². The highest BCUT2D eigenvalue weighted by Crippen LogP contribution is 2.27. The van der Waals surface area contributed by atoms with E-state index in [9.17, 15) is 0 Å². The van der Waals surface area contributed by atoms with Gasteiger partial charge in [-0.1, -0.05) is 23.2 Å². The maximum atomic E-state index is 6.17. The molecule has 3 nitrogen and oxygen atoms in total. The number of benzene rings is 2. The zero-order valence-electron chi connectivity index (χ0n) is 13.3. The number of nitrogens with zero attached hydrogens (tertiary/aromatic N) is 2. The molecule has 126 valence electrons. The van der Waals surface area contributed by atoms with Crippen LogP contribution in [-0.2, 0) is 17.0 Å². The van der Waals surface area contributed by atoms with Crippen LogP contribution in [0.1, 0.15) is 12.2 Å². The molecule has 0 bridgehead atoms. The number of aryl methyl sites for hydroxylation is 1. The Labute approximate surface area is 155 Å². The normalized spacial score (nSPS) is 11.3. The van der Waals surface area contributed by atoms with Gasteiger partial charge in [0.05, 0.1) is 16.8 Å². The molecule has 0 amide bonds. The third-order valence-electron chi connectivity index (χ3n) is 3.70. The maximum Gasteiger partial charge on any atom is 0.120 e. The summed E-state index contributed by atoms with van der Waals surface area (Å²) in [6.45, 7) is 1.59. The highest BCUT2D eigenvalue weighted by molar-refractivity contribution is 7.98. The average Bonchev–Trinajstić information content (AvgIpc) is 2.92. The summed E-state index contributed by atoms with van der Waals surface area (Å²) in [4.78, 5) is 5.96. The van der Waals surface area contributed by atoms with Crippen molar-refractivity contribution in [1.29, 1.82) is 0 Å². The van der Waals surface area contributed by atoms with E-state index in [4.69, 9.17) is 32.9 Å². The summed E-state index contributed by atoms with van der Waals surface area (Å²) < 4.78 is 7.42. The van der Waals surface area contributed by atoms with E-state index in [1.165, 1.54) is 4.90 Å². The first-order chi connectivity index (χ1) is 11.7. The molecule has 0 spiro atoms. The Morgan fingerprint density at radius 3 is 2.58 bits per heavy atom. The number of imidazole rings is 1. The second kappa shape index (κ2) is 8.26. The molecule has 1 heterocycles. The Balaban J connectivity index is 1.84. The average molecular weight is 381 g/mol. The van der Waals surface area contributed by atoms with Crippen molar-refractivity contribution in [2.45, 2.75) is 23.6 Å². The van der Waals surface area contributed by atoms with Crippen molar-refractivity contribution in [3.63, 3.8) is 0 Å². The quantitative estimate of drug-likeness (QED) is 0.390. The first-order valence-electron chi connectivity index (χ1n) is 7.69. The minimum atomic E-state index is 0.726. The number of methoxy groups -OCH3 is 1. The summed E-state index contributed by atoms with van der Waals surface area (Å²) in [5, 5.41) is 1.48. The lowest BCUT2D eigenvalue weighted by Gasteiger charge is -2.09. The molecule has 0 N–H and O–H groups in total. The lowest BCUT2D eigenvalue weighted by atomic mass is 10.3. The molecule has 0 atom stereocenters. The van der Waals surface area contributed by atoms with Gasteiger partial charge in [-0.15, -0.1) is 11.8 Å². The number of hydrogen-bond donors (Lipinski definition) is 0. The van der Waals surface area contributed by atoms with Gasteiger partial charge in [0.1, 0.15) is 5.82 Å². The SMILES string of the molecule is COCCCn1c(CSc2ccc(Cl)cc2)nc2ccc(Cl)cc21. The second-order valence-electron chi connectivity index (χ2n) is 5.40. The number of halogens is 2. The molecular weight excluding hydrogens is 363 g/mol. The Hall–Kier alpha value is -1.20. The Morgan fingerprint density at radius 1 is 1.08 bits per heavy atom. The molecule has 0 aliphatic heterocycles. The van der Waals surface area contributed by atoms with E-state index in [0.29, 0.717) is 0 Å². The standard InChI is InChI=1S/C18H18Cl2N2OS/c1-23-10-2-9-22-17-11-14(20)5-8-16(17)21-18(22)12-24-15-6-3-13(19)4-7-15/h3-8,11H,2,9-10,12H2,1H3. The predicted octanol–water partition coefficient (Wildman–Crippen LogP) is 5.67. The number of fused-ring (bicyclic) bond motifs is 1. The van der Waals surface area contributed by atoms with Gasteiger partial charge in [0.25, 0.3) is 0 Å². The summed E-state index contributed by atoms with van der Waals surface area (Å²) in [5.41, 5.74) is 2.05. The molecule has 0 unspecified atom stereocenters. The Morgan fingerprint density at radius 2 is 1.83 bits per heavy atom. The van der Waals surface area contributed by atoms with Gasteiger partial charge in [-0.2, -0.15) is 0 Å². The molecule has 0 fully saturated rings. The van der Waals surface area contributed by atoms with Crippen LogP contribution in [0.2, 0.25) is 10.0 Å². The third kappa shape index (κ3) is 4.25. The molecule has 0 aliphatic rings. The van der Waals surface area contributed by atoms with Crippen LogP contribution >= 0.6 is 35.0 Å². The largest absolute Gasteiger partial charge is 0.385 e. The van der Waals surface area contributed by atoms with Crippen LogP contribution in [0, 0.1) is 0 Å². The highest BCUT2D eigenvalue weighted by Gasteiger charge is 2.11. The molecule has 0 saturated carbocycles. The van der Waals surface area contributed by atoms with Gasteiger partial charge in [-0.3, -0.25) is 0 Å². The minimum absolute atomic E-state index is 0.726. The topological polar surface area (TPSA) is 27.1 Å². The predicted molar refractivity (Wildman–Crippen MR) is 102 cm³/mol. The molecule has 0 aliphatic carbocycles. The van der Waals surface area contributed by atoms with Crippen LogP contribution < -0.4 is 0 Å². The molecule has 6 heteroatoms. The van der Waals surface area contributed by atoms with Crippen LogP contribution in [0.3, 0.4) is 0 Å². The highest BCUT2D eigenvalue weighted by atomic mass is 35.5. The molecule has 2 aromatic carbocycles. The number of aromatic nitrogens is 2. The van der Waals surface area contributed by atoms with Gasteiger partial charge >= 0.3 is 0 Å². The molecule has 0 radical (unpaired) electrons. The van der Waals surface area contributed by atoms with Gasteiger partial charge in [0, 0.05) is 35.2 Å². The fraction of sp³-hybridized carbons (Fsp3) is 0.278. The molecule has 3 aromatic rings. The van der Waals surface area contributed by atoms with Crippen LogP contribution in [0.25, 0.3) is 11.0 Å². The van der Waals surface area contributed by atoms with Gasteiger partial charge in [-0.05, 0) is 48.9 Å². The first kappa shape index (κ1) is 17.6. The van der Waals surface area contributed by atoms with Crippen molar-refractivity contribution in [3.8, 4) is 0 Å². The molecule has 0 saturated heterocycles. The van der Waals surface area contributed by atoms with Crippen molar-refractivity contribution in [3.05, 3.63) is 58.3 Å². The van der Waals surface area contributed by atoms with E-state index in [1.54, 1.807) is 18.9 Å². The Kier molecular flexibility index (Phi) is 6.06. The number of thioether (sulfide) groups is 1. The maximum absolute atomic E-state index is 6.17. The van der Waals surface area contributed by atoms with Crippen molar-refractivity contribution in [2.24, 2.45) is 0 Å². The van der Waals surface area contributed by atoms with Gasteiger partial charge in [-0.25, -0.2) is 4.98 Å². The lowest BCUT2D eigenvalue weighted by molar-refractivity contribution is 0.190. The first-order valence-corrected chi connectivity index (χ1v) is 9.43. The summed E-state index contributed by atoms with van der Waals surface area (Å²) in [5.74, 6) is 1.84. The summed E-state index contributed by atoms with van der Waals surface area (Å²) in [6.07, 6.45) is 0.938. The van der Waals surface area contributed by atoms with Crippen molar-refractivity contribution >= 4 is 46.0 Å². The molecule has 3 rings (SSSR count). The van der Waals surface area contributed by atoms with Crippen molar-refractivity contribution in [2.75, 3.05) is 13.7 Å². The number of rotatable bonds is 7. The fourth-order valence-corrected chi connectivity index (χ4v) is 3.69. The van der Waals surface area contributed by atoms with E-state index in [-0.39, 0.29) is 0 Å². The fourth-order valence-electron chi connectivity index (χ4n) is 2.55. The second-order valence-corrected chi connectivity index (χ2v) is 7.32. The van der Waals surface area contributed by atoms with Gasteiger partial charge < -0.3 is 9.30 Å². The smallest absolute Gasteiger partial charge is 0.120 e. The molecule has 24 heavy (non-hydrogen) atoms. The zero-order chi connectivity index (χ0) is 16.9. The van der Waals surface area contributed by atoms with E-state index in [2.05, 4.69) is 4.57 Å². The van der Waals surface area contributed by atoms with E-state index >= 15 is 0 Å². The van der Waals surface area contributed by atoms with Crippen LogP contribution in [0.4, 0.5) is 0 Å². The monoisotopic (exact) mass is 380 g/mol. The van der Waals surface area contributed by atoms with E-state index in [0.717, 1.165) is 52.2 Å². The van der Waals surface area contributed by atoms with Crippen LogP contribution in [0.5, 0.6) is 0 Å². The number of hydrogen-bond acceptors (Lipinski definition) is 3. The number of ether oxygens (including phenoxy) is 1. The lowest BCUT2D eigenvalue weighted by Crippen LogP contribution is -2.05. The Bertz CT molecular complexity index is 818. The van der Waals surface area contributed by atoms with E-state index in [1.807, 2.05) is 42.5 Å². The van der Waals surface area contributed by atoms with Crippen LogP contribution in [0.15, 0.2) is 47.4 Å². The van der Waals surface area contributed by atoms with Crippen LogP contribution in [-0.4, -0.2) is 23.3 Å². The summed E-state index contributed by atoms with van der Waals surface area (Å²) >= 11 is 13.9. The van der Waals surface area contributed by atoms with Gasteiger partial charge in [0.2, 0.25) is 0 Å². The minimum Gasteiger partial charge on any atom is -0.385 e.